The van der Waals surface area contributed by atoms with E-state index in [4.69, 9.17) is 9.97 Å². The summed E-state index contributed by atoms with van der Waals surface area (Å²) in [4.78, 5) is 10.9. The van der Waals surface area contributed by atoms with E-state index in [0.29, 0.717) is 5.92 Å². The van der Waals surface area contributed by atoms with E-state index in [1.165, 1.54) is 63.6 Å². The Kier molecular flexibility index (Phi) is 5.18. The third-order valence-corrected chi connectivity index (χ3v) is 7.88. The Morgan fingerprint density at radius 3 is 2.45 bits per heavy atom. The lowest BCUT2D eigenvalue weighted by Gasteiger charge is -2.22. The van der Waals surface area contributed by atoms with Crippen molar-refractivity contribution in [2.75, 3.05) is 0 Å². The van der Waals surface area contributed by atoms with Crippen molar-refractivity contribution >= 4 is 22.1 Å². The molecule has 2 aromatic heterocycles. The smallest absolute Gasteiger partial charge is 0.116 e. The van der Waals surface area contributed by atoms with Crippen LogP contribution < -0.4 is 0 Å². The molecule has 0 amide bonds. The molecule has 2 aromatic carbocycles. The predicted molar refractivity (Wildman–Crippen MR) is 133 cm³/mol. The van der Waals surface area contributed by atoms with Crippen molar-refractivity contribution in [2.45, 2.75) is 64.7 Å². The van der Waals surface area contributed by atoms with Crippen LogP contribution in [0.25, 0.3) is 33.3 Å². The summed E-state index contributed by atoms with van der Waals surface area (Å²) in [7, 11) is 0. The lowest BCUT2D eigenvalue weighted by molar-refractivity contribution is 0.596. The molecule has 5 rings (SSSR count). The van der Waals surface area contributed by atoms with Gasteiger partial charge in [-0.1, -0.05) is 57.9 Å². The Labute approximate surface area is 189 Å². The molecule has 2 heterocycles. The molecule has 3 heteroatoms. The second-order valence-corrected chi connectivity index (χ2v) is 10.8. The summed E-state index contributed by atoms with van der Waals surface area (Å²) in [6, 6.07) is 15.5. The van der Waals surface area contributed by atoms with Crippen LogP contribution in [0, 0.1) is 6.92 Å². The number of nitrogens with zero attached hydrogens (tertiary/aromatic N) is 2. The number of fused-ring (bicyclic) bond motifs is 1. The standard InChI is InChI=1S/C28H30N2S/c1-18-16-31-27(19-9-5-6-10-19)26(18)25-15-24(29-17-30-25)21-13-20-11-7-8-12-22(20)23(14-21)28(2,3)4/h7-8,11-17,19H,5-6,9-10H2,1-4H3. The van der Waals surface area contributed by atoms with Crippen LogP contribution in [0.4, 0.5) is 0 Å². The molecule has 0 saturated heterocycles. The first-order chi connectivity index (χ1) is 14.9. The molecule has 1 saturated carbocycles. The molecule has 1 aliphatic rings. The van der Waals surface area contributed by atoms with Gasteiger partial charge in [0.2, 0.25) is 0 Å². The fraction of sp³-hybridized carbons (Fsp3) is 0.357. The van der Waals surface area contributed by atoms with Crippen LogP contribution in [0.1, 0.15) is 68.4 Å². The summed E-state index contributed by atoms with van der Waals surface area (Å²) < 4.78 is 0. The third-order valence-electron chi connectivity index (χ3n) is 6.62. The summed E-state index contributed by atoms with van der Waals surface area (Å²) in [6.45, 7) is 9.07. The van der Waals surface area contributed by atoms with Crippen molar-refractivity contribution in [1.82, 2.24) is 9.97 Å². The molecule has 158 valence electrons. The monoisotopic (exact) mass is 426 g/mol. The van der Waals surface area contributed by atoms with Gasteiger partial charge >= 0.3 is 0 Å². The molecule has 31 heavy (non-hydrogen) atoms. The molecule has 4 aromatic rings. The minimum absolute atomic E-state index is 0.0606. The summed E-state index contributed by atoms with van der Waals surface area (Å²) >= 11 is 1.92. The van der Waals surface area contributed by atoms with Gasteiger partial charge in [-0.2, -0.15) is 0 Å². The van der Waals surface area contributed by atoms with Crippen LogP contribution in [-0.4, -0.2) is 9.97 Å². The van der Waals surface area contributed by atoms with Gasteiger partial charge in [0.1, 0.15) is 6.33 Å². The highest BCUT2D eigenvalue weighted by Crippen LogP contribution is 2.44. The van der Waals surface area contributed by atoms with E-state index >= 15 is 0 Å². The van der Waals surface area contributed by atoms with Gasteiger partial charge in [-0.3, -0.25) is 0 Å². The first kappa shape index (κ1) is 20.4. The largest absolute Gasteiger partial charge is 0.236 e. The summed E-state index contributed by atoms with van der Waals surface area (Å²) in [5.41, 5.74) is 7.34. The maximum atomic E-state index is 4.73. The number of aryl methyl sites for hydroxylation is 1. The highest BCUT2D eigenvalue weighted by atomic mass is 32.1. The summed E-state index contributed by atoms with van der Waals surface area (Å²) in [6.07, 6.45) is 7.06. The number of hydrogen-bond donors (Lipinski definition) is 0. The Balaban J connectivity index is 1.64. The zero-order valence-electron chi connectivity index (χ0n) is 18.9. The zero-order chi connectivity index (χ0) is 21.6. The van der Waals surface area contributed by atoms with Gasteiger partial charge in [0, 0.05) is 16.0 Å². The van der Waals surface area contributed by atoms with Crippen LogP contribution in [0.5, 0.6) is 0 Å². The van der Waals surface area contributed by atoms with Crippen molar-refractivity contribution in [2.24, 2.45) is 0 Å². The van der Waals surface area contributed by atoms with Crippen LogP contribution in [0.15, 0.2) is 54.2 Å². The normalized spacial score (nSPS) is 15.1. The van der Waals surface area contributed by atoms with E-state index in [1.54, 1.807) is 6.33 Å². The minimum Gasteiger partial charge on any atom is -0.236 e. The first-order valence-corrected chi connectivity index (χ1v) is 12.2. The van der Waals surface area contributed by atoms with Crippen molar-refractivity contribution in [3.05, 3.63) is 70.2 Å². The Bertz CT molecular complexity index is 1240. The molecular weight excluding hydrogens is 396 g/mol. The Morgan fingerprint density at radius 1 is 0.935 bits per heavy atom. The molecule has 0 atom stereocenters. The Morgan fingerprint density at radius 2 is 1.68 bits per heavy atom. The molecule has 0 N–H and O–H groups in total. The predicted octanol–water partition coefficient (Wildman–Crippen LogP) is 8.29. The van der Waals surface area contributed by atoms with Crippen LogP contribution in [-0.2, 0) is 5.41 Å². The fourth-order valence-electron chi connectivity index (χ4n) is 5.01. The first-order valence-electron chi connectivity index (χ1n) is 11.4. The van der Waals surface area contributed by atoms with Crippen molar-refractivity contribution in [1.29, 1.82) is 0 Å². The lowest BCUT2D eigenvalue weighted by Crippen LogP contribution is -2.12. The van der Waals surface area contributed by atoms with E-state index in [0.717, 1.165) is 11.4 Å². The van der Waals surface area contributed by atoms with Gasteiger partial charge in [-0.25, -0.2) is 9.97 Å². The number of benzene rings is 2. The average Bonchev–Trinajstić information content (AvgIpc) is 3.42. The highest BCUT2D eigenvalue weighted by molar-refractivity contribution is 7.10. The van der Waals surface area contributed by atoms with E-state index in [2.05, 4.69) is 75.5 Å². The van der Waals surface area contributed by atoms with Crippen LogP contribution in [0.3, 0.4) is 0 Å². The van der Waals surface area contributed by atoms with Crippen molar-refractivity contribution in [3.63, 3.8) is 0 Å². The molecule has 0 radical (unpaired) electrons. The zero-order valence-corrected chi connectivity index (χ0v) is 19.7. The van der Waals surface area contributed by atoms with Crippen LogP contribution in [0.2, 0.25) is 0 Å². The highest BCUT2D eigenvalue weighted by Gasteiger charge is 2.24. The van der Waals surface area contributed by atoms with Gasteiger partial charge in [-0.05, 0) is 76.6 Å². The molecular formula is C28H30N2S. The maximum absolute atomic E-state index is 4.73. The van der Waals surface area contributed by atoms with Crippen LogP contribution >= 0.6 is 11.3 Å². The van der Waals surface area contributed by atoms with Gasteiger partial charge in [0.05, 0.1) is 11.4 Å². The summed E-state index contributed by atoms with van der Waals surface area (Å²) in [5, 5.41) is 4.90. The Hall–Kier alpha value is -2.52. The fourth-order valence-corrected chi connectivity index (χ4v) is 6.24. The molecule has 0 aliphatic heterocycles. The van der Waals surface area contributed by atoms with Gasteiger partial charge in [0.15, 0.2) is 0 Å². The second-order valence-electron chi connectivity index (χ2n) is 9.92. The minimum atomic E-state index is 0.0606. The molecule has 0 bridgehead atoms. The lowest BCUT2D eigenvalue weighted by atomic mass is 9.82. The summed E-state index contributed by atoms with van der Waals surface area (Å²) in [5.74, 6) is 0.695. The number of aromatic nitrogens is 2. The van der Waals surface area contributed by atoms with E-state index in [-0.39, 0.29) is 5.41 Å². The van der Waals surface area contributed by atoms with Gasteiger partial charge < -0.3 is 0 Å². The molecule has 0 spiro atoms. The van der Waals surface area contributed by atoms with E-state index in [9.17, 15) is 0 Å². The maximum Gasteiger partial charge on any atom is 0.116 e. The molecule has 2 nitrogen and oxygen atoms in total. The SMILES string of the molecule is Cc1csc(C2CCCC2)c1-c1cc(-c2cc(C(C)(C)C)c3ccccc3c2)ncn1. The van der Waals surface area contributed by atoms with Crippen molar-refractivity contribution in [3.8, 4) is 22.5 Å². The average molecular weight is 427 g/mol. The molecule has 1 aliphatic carbocycles. The van der Waals surface area contributed by atoms with Gasteiger partial charge in [0.25, 0.3) is 0 Å². The quantitative estimate of drug-likeness (QED) is 0.329. The third kappa shape index (κ3) is 3.80. The van der Waals surface area contributed by atoms with E-state index < -0.39 is 0 Å². The molecule has 1 fully saturated rings. The topological polar surface area (TPSA) is 25.8 Å². The second kappa shape index (κ2) is 7.87. The number of rotatable bonds is 3. The van der Waals surface area contributed by atoms with Crippen molar-refractivity contribution < 1.29 is 0 Å². The van der Waals surface area contributed by atoms with E-state index in [1.807, 2.05) is 11.3 Å². The number of hydrogen-bond acceptors (Lipinski definition) is 3. The van der Waals surface area contributed by atoms with Gasteiger partial charge in [-0.15, -0.1) is 11.3 Å². The number of thiophene rings is 1. The molecule has 0 unspecified atom stereocenters.